The minimum Gasteiger partial charge on any atom is -0.481 e. The molecule has 1 atom stereocenters. The topological polar surface area (TPSA) is 75.6 Å². The van der Waals surface area contributed by atoms with E-state index < -0.39 is 29.6 Å². The highest BCUT2D eigenvalue weighted by atomic mass is 19.1. The molecule has 0 saturated carbocycles. The Kier molecular flexibility index (Phi) is 6.05. The fraction of sp³-hybridized carbons (Fsp3) is 0.385. The van der Waals surface area contributed by atoms with E-state index in [2.05, 4.69) is 5.32 Å². The molecule has 1 rings (SSSR count). The zero-order valence-electron chi connectivity index (χ0n) is 10.9. The largest absolute Gasteiger partial charge is 0.481 e. The maximum Gasteiger partial charge on any atom is 0.306 e. The molecule has 1 aromatic rings. The Labute approximate surface area is 114 Å². The normalized spacial score (nSPS) is 11.9. The van der Waals surface area contributed by atoms with Crippen molar-refractivity contribution in [2.75, 3.05) is 13.7 Å². The van der Waals surface area contributed by atoms with Crippen molar-refractivity contribution >= 4 is 11.9 Å². The van der Waals surface area contributed by atoms with Gasteiger partial charge in [-0.05, 0) is 11.6 Å². The lowest BCUT2D eigenvalue weighted by Crippen LogP contribution is -2.35. The molecule has 1 unspecified atom stereocenters. The number of aliphatic carboxylic acids is 1. The summed E-state index contributed by atoms with van der Waals surface area (Å²) in [7, 11) is 1.33. The number of ether oxygens (including phenoxy) is 1. The Morgan fingerprint density at radius 3 is 2.65 bits per heavy atom. The smallest absolute Gasteiger partial charge is 0.306 e. The molecule has 0 aliphatic carbocycles. The van der Waals surface area contributed by atoms with Gasteiger partial charge in [-0.15, -0.1) is 0 Å². The summed E-state index contributed by atoms with van der Waals surface area (Å²) in [5, 5.41) is 11.0. The van der Waals surface area contributed by atoms with Crippen molar-refractivity contribution in [1.29, 1.82) is 0 Å². The number of carboxylic acids is 1. The lowest BCUT2D eigenvalue weighted by Gasteiger charge is -2.14. The average molecular weight is 287 g/mol. The highest BCUT2D eigenvalue weighted by Crippen LogP contribution is 2.10. The molecule has 0 radical (unpaired) electrons. The van der Waals surface area contributed by atoms with Crippen molar-refractivity contribution in [3.63, 3.8) is 0 Å². The summed E-state index contributed by atoms with van der Waals surface area (Å²) in [6, 6.07) is 2.95. The molecule has 0 bridgehead atoms. The second kappa shape index (κ2) is 7.54. The molecule has 1 aromatic carbocycles. The standard InChI is InChI=1S/C13H15F2NO4/c1-20-10(6-13(18)19)7-16-12(17)4-8-2-3-9(14)5-11(8)15/h2-3,5,10H,4,6-7H2,1H3,(H,16,17)(H,18,19). The minimum atomic E-state index is -1.05. The first kappa shape index (κ1) is 16.0. The third kappa shape index (κ3) is 5.31. The molecule has 0 spiro atoms. The molecule has 110 valence electrons. The van der Waals surface area contributed by atoms with Crippen molar-refractivity contribution in [1.82, 2.24) is 5.32 Å². The molecule has 5 nitrogen and oxygen atoms in total. The molecule has 20 heavy (non-hydrogen) atoms. The summed E-state index contributed by atoms with van der Waals surface area (Å²) in [5.74, 6) is -3.06. The van der Waals surface area contributed by atoms with E-state index in [1.54, 1.807) is 0 Å². The zero-order chi connectivity index (χ0) is 15.1. The first-order valence-corrected chi connectivity index (χ1v) is 5.87. The van der Waals surface area contributed by atoms with Crippen molar-refractivity contribution in [2.45, 2.75) is 18.9 Å². The number of hydrogen-bond donors (Lipinski definition) is 2. The summed E-state index contributed by atoms with van der Waals surface area (Å²) in [4.78, 5) is 22.1. The van der Waals surface area contributed by atoms with Crippen molar-refractivity contribution in [2.24, 2.45) is 0 Å². The van der Waals surface area contributed by atoms with Gasteiger partial charge in [0.2, 0.25) is 5.91 Å². The SMILES string of the molecule is COC(CNC(=O)Cc1ccc(F)cc1F)CC(=O)O. The molecule has 0 saturated heterocycles. The quantitative estimate of drug-likeness (QED) is 0.788. The lowest BCUT2D eigenvalue weighted by molar-refractivity contribution is -0.140. The predicted molar refractivity (Wildman–Crippen MR) is 66.1 cm³/mol. The third-order valence-corrected chi connectivity index (χ3v) is 2.63. The Morgan fingerprint density at radius 2 is 2.10 bits per heavy atom. The molecule has 2 N–H and O–H groups in total. The van der Waals surface area contributed by atoms with Gasteiger partial charge in [-0.1, -0.05) is 6.07 Å². The van der Waals surface area contributed by atoms with Gasteiger partial charge < -0.3 is 15.2 Å². The Balaban J connectivity index is 2.49. The Bertz CT molecular complexity index is 493. The van der Waals surface area contributed by atoms with Gasteiger partial charge in [0.15, 0.2) is 0 Å². The molecule has 0 aliphatic heterocycles. The molecular formula is C13H15F2NO4. The number of nitrogens with one attached hydrogen (secondary N) is 1. The molecular weight excluding hydrogens is 272 g/mol. The molecule has 7 heteroatoms. The van der Waals surface area contributed by atoms with Crippen molar-refractivity contribution in [3.8, 4) is 0 Å². The van der Waals surface area contributed by atoms with E-state index in [1.165, 1.54) is 13.2 Å². The molecule has 0 fully saturated rings. The van der Waals surface area contributed by atoms with Crippen LogP contribution in [0.3, 0.4) is 0 Å². The molecule has 0 aliphatic rings. The number of carbonyl (C=O) groups is 2. The van der Waals surface area contributed by atoms with Gasteiger partial charge in [0.25, 0.3) is 0 Å². The van der Waals surface area contributed by atoms with Crippen LogP contribution in [0.1, 0.15) is 12.0 Å². The number of carbonyl (C=O) groups excluding carboxylic acids is 1. The van der Waals surface area contributed by atoms with Gasteiger partial charge in [-0.25, -0.2) is 8.78 Å². The van der Waals surface area contributed by atoms with Gasteiger partial charge in [0.05, 0.1) is 18.9 Å². The summed E-state index contributed by atoms with van der Waals surface area (Å²) in [6.07, 6.45) is -1.16. The van der Waals surface area contributed by atoms with Gasteiger partial charge in [-0.3, -0.25) is 9.59 Å². The Hall–Kier alpha value is -2.02. The van der Waals surface area contributed by atoms with Crippen LogP contribution in [-0.2, 0) is 20.7 Å². The van der Waals surface area contributed by atoms with E-state index in [9.17, 15) is 18.4 Å². The fourth-order valence-corrected chi connectivity index (χ4v) is 1.56. The van der Waals surface area contributed by atoms with Crippen LogP contribution in [0.4, 0.5) is 8.78 Å². The number of benzene rings is 1. The fourth-order valence-electron chi connectivity index (χ4n) is 1.56. The maximum absolute atomic E-state index is 13.3. The number of carboxylic acid groups (broad SMARTS) is 1. The van der Waals surface area contributed by atoms with Gasteiger partial charge in [0, 0.05) is 19.7 Å². The average Bonchev–Trinajstić information content (AvgIpc) is 2.37. The summed E-state index contributed by atoms with van der Waals surface area (Å²) in [5.41, 5.74) is 0.0658. The molecule has 0 aromatic heterocycles. The van der Waals surface area contributed by atoms with Crippen LogP contribution >= 0.6 is 0 Å². The molecule has 0 heterocycles. The number of rotatable bonds is 7. The third-order valence-electron chi connectivity index (χ3n) is 2.63. The summed E-state index contributed by atoms with van der Waals surface area (Å²) < 4.78 is 30.9. The van der Waals surface area contributed by atoms with E-state index in [0.29, 0.717) is 6.07 Å². The first-order chi connectivity index (χ1) is 9.42. The van der Waals surface area contributed by atoms with Crippen molar-refractivity contribution < 1.29 is 28.2 Å². The van der Waals surface area contributed by atoms with Crippen LogP contribution in [0.25, 0.3) is 0 Å². The van der Waals surface area contributed by atoms with E-state index in [1.807, 2.05) is 0 Å². The highest BCUT2D eigenvalue weighted by molar-refractivity contribution is 5.78. The van der Waals surface area contributed by atoms with Crippen LogP contribution in [-0.4, -0.2) is 36.7 Å². The van der Waals surface area contributed by atoms with Crippen LogP contribution < -0.4 is 5.32 Å². The first-order valence-electron chi connectivity index (χ1n) is 5.87. The lowest BCUT2D eigenvalue weighted by atomic mass is 10.1. The van der Waals surface area contributed by atoms with Gasteiger partial charge in [-0.2, -0.15) is 0 Å². The maximum atomic E-state index is 13.3. The second-order valence-electron chi connectivity index (χ2n) is 4.17. The Morgan fingerprint density at radius 1 is 1.40 bits per heavy atom. The van der Waals surface area contributed by atoms with Crippen LogP contribution in [0.15, 0.2) is 18.2 Å². The zero-order valence-corrected chi connectivity index (χ0v) is 10.9. The van der Waals surface area contributed by atoms with Crippen molar-refractivity contribution in [3.05, 3.63) is 35.4 Å². The summed E-state index contributed by atoms with van der Waals surface area (Å²) in [6.45, 7) is 0.00441. The van der Waals surface area contributed by atoms with Gasteiger partial charge in [0.1, 0.15) is 11.6 Å². The van der Waals surface area contributed by atoms with Crippen LogP contribution in [0.5, 0.6) is 0 Å². The second-order valence-corrected chi connectivity index (χ2v) is 4.17. The van der Waals surface area contributed by atoms with Crippen LogP contribution in [0.2, 0.25) is 0 Å². The number of methoxy groups -OCH3 is 1. The van der Waals surface area contributed by atoms with Gasteiger partial charge >= 0.3 is 5.97 Å². The highest BCUT2D eigenvalue weighted by Gasteiger charge is 2.14. The van der Waals surface area contributed by atoms with E-state index >= 15 is 0 Å². The monoisotopic (exact) mass is 287 g/mol. The van der Waals surface area contributed by atoms with E-state index in [-0.39, 0.29) is 24.9 Å². The summed E-state index contributed by atoms with van der Waals surface area (Å²) >= 11 is 0. The predicted octanol–water partition coefficient (Wildman–Crippen LogP) is 1.11. The number of amides is 1. The molecule has 1 amide bonds. The van der Waals surface area contributed by atoms with E-state index in [4.69, 9.17) is 9.84 Å². The number of halogens is 2. The number of hydrogen-bond acceptors (Lipinski definition) is 3. The van der Waals surface area contributed by atoms with E-state index in [0.717, 1.165) is 6.07 Å². The minimum absolute atomic E-state index is 0.00441. The van der Waals surface area contributed by atoms with Crippen LogP contribution in [0, 0.1) is 11.6 Å².